The molecule has 0 atom stereocenters. The van der Waals surface area contributed by atoms with E-state index in [1.807, 2.05) is 49.4 Å². The predicted octanol–water partition coefficient (Wildman–Crippen LogP) is 5.33. The van der Waals surface area contributed by atoms with Crippen LogP contribution < -0.4 is 10.1 Å². The number of aryl methyl sites for hydroxylation is 1. The van der Waals surface area contributed by atoms with E-state index in [9.17, 15) is 0 Å². The monoisotopic (exact) mass is 303 g/mol. The highest BCUT2D eigenvalue weighted by Crippen LogP contribution is 2.27. The molecule has 0 amide bonds. The van der Waals surface area contributed by atoms with Crippen molar-refractivity contribution < 1.29 is 4.74 Å². The third-order valence-corrected chi connectivity index (χ3v) is 3.41. The van der Waals surface area contributed by atoms with Gasteiger partial charge in [0.2, 0.25) is 0 Å². The van der Waals surface area contributed by atoms with Crippen LogP contribution in [0.15, 0.2) is 42.5 Å². The molecule has 0 heterocycles. The molecule has 0 radical (unpaired) electrons. The van der Waals surface area contributed by atoms with E-state index >= 15 is 0 Å². The lowest BCUT2D eigenvalue weighted by atomic mass is 10.1. The summed E-state index contributed by atoms with van der Waals surface area (Å²) in [5, 5.41) is 4.15. The SMILES string of the molecule is Cc1cccc(Oc2ccc(CNC(C)(C)C)c(Cl)c2)c1. The van der Waals surface area contributed by atoms with Gasteiger partial charge < -0.3 is 10.1 Å². The minimum atomic E-state index is 0.0695. The van der Waals surface area contributed by atoms with Crippen molar-refractivity contribution in [2.75, 3.05) is 0 Å². The molecule has 0 aromatic heterocycles. The van der Waals surface area contributed by atoms with Gasteiger partial charge in [0.05, 0.1) is 0 Å². The second kappa shape index (κ2) is 6.50. The fourth-order valence-electron chi connectivity index (χ4n) is 1.91. The molecular weight excluding hydrogens is 282 g/mol. The molecule has 0 saturated carbocycles. The Bertz CT molecular complexity index is 617. The molecule has 0 bridgehead atoms. The lowest BCUT2D eigenvalue weighted by molar-refractivity contribution is 0.424. The van der Waals surface area contributed by atoms with Crippen LogP contribution in [-0.4, -0.2) is 5.54 Å². The Morgan fingerprint density at radius 1 is 1.05 bits per heavy atom. The molecule has 2 aromatic rings. The third kappa shape index (κ3) is 5.07. The Kier molecular flexibility index (Phi) is 4.92. The van der Waals surface area contributed by atoms with Crippen LogP contribution in [0.5, 0.6) is 11.5 Å². The summed E-state index contributed by atoms with van der Waals surface area (Å²) < 4.78 is 5.84. The molecule has 2 aromatic carbocycles. The maximum absolute atomic E-state index is 6.34. The Labute approximate surface area is 132 Å². The van der Waals surface area contributed by atoms with E-state index in [0.717, 1.165) is 28.6 Å². The average molecular weight is 304 g/mol. The number of rotatable bonds is 4. The summed E-state index contributed by atoms with van der Waals surface area (Å²) in [7, 11) is 0. The molecule has 2 rings (SSSR count). The summed E-state index contributed by atoms with van der Waals surface area (Å²) in [5.41, 5.74) is 2.31. The summed E-state index contributed by atoms with van der Waals surface area (Å²) >= 11 is 6.34. The van der Waals surface area contributed by atoms with Crippen LogP contribution in [0.25, 0.3) is 0 Å². The minimum absolute atomic E-state index is 0.0695. The van der Waals surface area contributed by atoms with Gasteiger partial charge in [0.15, 0.2) is 0 Å². The van der Waals surface area contributed by atoms with Crippen molar-refractivity contribution >= 4 is 11.6 Å². The molecule has 0 unspecified atom stereocenters. The quantitative estimate of drug-likeness (QED) is 0.824. The average Bonchev–Trinajstić information content (AvgIpc) is 2.36. The van der Waals surface area contributed by atoms with Crippen molar-refractivity contribution in [1.29, 1.82) is 0 Å². The zero-order valence-corrected chi connectivity index (χ0v) is 13.8. The van der Waals surface area contributed by atoms with Crippen molar-refractivity contribution in [3.05, 3.63) is 58.6 Å². The molecule has 0 fully saturated rings. The van der Waals surface area contributed by atoms with Gasteiger partial charge in [-0.2, -0.15) is 0 Å². The second-order valence-corrected chi connectivity index (χ2v) is 6.68. The first-order chi connectivity index (χ1) is 9.83. The molecule has 2 nitrogen and oxygen atoms in total. The second-order valence-electron chi connectivity index (χ2n) is 6.28. The van der Waals surface area contributed by atoms with Crippen LogP contribution in [0.1, 0.15) is 31.9 Å². The molecule has 112 valence electrons. The molecule has 3 heteroatoms. The number of halogens is 1. The van der Waals surface area contributed by atoms with Crippen LogP contribution in [0.3, 0.4) is 0 Å². The van der Waals surface area contributed by atoms with Crippen molar-refractivity contribution in [3.8, 4) is 11.5 Å². The van der Waals surface area contributed by atoms with Gasteiger partial charge in [0, 0.05) is 17.1 Å². The fraction of sp³-hybridized carbons (Fsp3) is 0.333. The van der Waals surface area contributed by atoms with Crippen LogP contribution in [0.2, 0.25) is 5.02 Å². The number of hydrogen-bond acceptors (Lipinski definition) is 2. The minimum Gasteiger partial charge on any atom is -0.457 e. The zero-order valence-electron chi connectivity index (χ0n) is 13.0. The summed E-state index contributed by atoms with van der Waals surface area (Å²) in [6, 6.07) is 13.8. The molecule has 0 spiro atoms. The summed E-state index contributed by atoms with van der Waals surface area (Å²) in [4.78, 5) is 0. The Morgan fingerprint density at radius 3 is 2.38 bits per heavy atom. The van der Waals surface area contributed by atoms with E-state index in [1.54, 1.807) is 0 Å². The molecular formula is C18H22ClNO. The lowest BCUT2D eigenvalue weighted by Gasteiger charge is -2.21. The van der Waals surface area contributed by atoms with Crippen LogP contribution in [0.4, 0.5) is 0 Å². The largest absolute Gasteiger partial charge is 0.457 e. The highest BCUT2D eigenvalue weighted by atomic mass is 35.5. The predicted molar refractivity (Wildman–Crippen MR) is 89.3 cm³/mol. The lowest BCUT2D eigenvalue weighted by Crippen LogP contribution is -2.35. The van der Waals surface area contributed by atoms with Crippen molar-refractivity contribution in [2.45, 2.75) is 39.8 Å². The van der Waals surface area contributed by atoms with Gasteiger partial charge in [0.25, 0.3) is 0 Å². The summed E-state index contributed by atoms with van der Waals surface area (Å²) in [6.07, 6.45) is 0. The van der Waals surface area contributed by atoms with E-state index in [0.29, 0.717) is 0 Å². The Morgan fingerprint density at radius 2 is 1.76 bits per heavy atom. The van der Waals surface area contributed by atoms with Gasteiger partial charge in [-0.3, -0.25) is 0 Å². The smallest absolute Gasteiger partial charge is 0.128 e. The molecule has 1 N–H and O–H groups in total. The third-order valence-electron chi connectivity index (χ3n) is 3.06. The van der Waals surface area contributed by atoms with E-state index in [4.69, 9.17) is 16.3 Å². The van der Waals surface area contributed by atoms with Crippen LogP contribution >= 0.6 is 11.6 Å². The summed E-state index contributed by atoms with van der Waals surface area (Å²) in [6.45, 7) is 9.19. The van der Waals surface area contributed by atoms with Gasteiger partial charge >= 0.3 is 0 Å². The van der Waals surface area contributed by atoms with E-state index in [-0.39, 0.29) is 5.54 Å². The first-order valence-electron chi connectivity index (χ1n) is 7.11. The van der Waals surface area contributed by atoms with Crippen molar-refractivity contribution in [1.82, 2.24) is 5.32 Å². The standard InChI is InChI=1S/C18H22ClNO/c1-13-6-5-7-15(10-13)21-16-9-8-14(17(19)11-16)12-20-18(2,3)4/h5-11,20H,12H2,1-4H3. The molecule has 0 aliphatic rings. The normalized spacial score (nSPS) is 11.5. The molecule has 0 saturated heterocycles. The van der Waals surface area contributed by atoms with Gasteiger partial charge in [-0.05, 0) is 63.1 Å². The molecule has 0 aliphatic heterocycles. The maximum Gasteiger partial charge on any atom is 0.128 e. The first kappa shape index (κ1) is 15.9. The Balaban J connectivity index is 2.08. The van der Waals surface area contributed by atoms with E-state index < -0.39 is 0 Å². The van der Waals surface area contributed by atoms with Gasteiger partial charge in [-0.1, -0.05) is 29.8 Å². The molecule has 0 aliphatic carbocycles. The zero-order chi connectivity index (χ0) is 15.5. The van der Waals surface area contributed by atoms with Crippen molar-refractivity contribution in [2.24, 2.45) is 0 Å². The van der Waals surface area contributed by atoms with Gasteiger partial charge in [0.1, 0.15) is 11.5 Å². The molecule has 21 heavy (non-hydrogen) atoms. The van der Waals surface area contributed by atoms with Crippen molar-refractivity contribution in [3.63, 3.8) is 0 Å². The number of nitrogens with one attached hydrogen (secondary N) is 1. The van der Waals surface area contributed by atoms with E-state index in [2.05, 4.69) is 26.1 Å². The number of hydrogen-bond donors (Lipinski definition) is 1. The fourth-order valence-corrected chi connectivity index (χ4v) is 2.15. The van der Waals surface area contributed by atoms with Crippen LogP contribution in [-0.2, 0) is 6.54 Å². The number of ether oxygens (including phenoxy) is 1. The highest BCUT2D eigenvalue weighted by Gasteiger charge is 2.10. The number of benzene rings is 2. The van der Waals surface area contributed by atoms with Crippen LogP contribution in [0, 0.1) is 6.92 Å². The maximum atomic E-state index is 6.34. The Hall–Kier alpha value is -1.51. The van der Waals surface area contributed by atoms with Gasteiger partial charge in [-0.15, -0.1) is 0 Å². The topological polar surface area (TPSA) is 21.3 Å². The first-order valence-corrected chi connectivity index (χ1v) is 7.49. The highest BCUT2D eigenvalue weighted by molar-refractivity contribution is 6.31. The summed E-state index contributed by atoms with van der Waals surface area (Å²) in [5.74, 6) is 1.58. The van der Waals surface area contributed by atoms with Gasteiger partial charge in [-0.25, -0.2) is 0 Å². The van der Waals surface area contributed by atoms with E-state index in [1.165, 1.54) is 5.56 Å².